The van der Waals surface area contributed by atoms with E-state index < -0.39 is 11.4 Å². The summed E-state index contributed by atoms with van der Waals surface area (Å²) in [6.07, 6.45) is 0.678. The van der Waals surface area contributed by atoms with Gasteiger partial charge >= 0.3 is 11.9 Å². The van der Waals surface area contributed by atoms with Crippen molar-refractivity contribution < 1.29 is 19.4 Å². The summed E-state index contributed by atoms with van der Waals surface area (Å²) >= 11 is 0. The molecule has 104 valence electrons. The van der Waals surface area contributed by atoms with Crippen molar-refractivity contribution in [1.29, 1.82) is 0 Å². The van der Waals surface area contributed by atoms with Crippen LogP contribution in [0.15, 0.2) is 12.1 Å². The number of carboxylic acid groups (broad SMARTS) is 1. The molecule has 4 nitrogen and oxygen atoms in total. The Morgan fingerprint density at radius 1 is 1.21 bits per heavy atom. The van der Waals surface area contributed by atoms with E-state index in [0.717, 1.165) is 0 Å². The Bertz CT molecular complexity index is 492. The van der Waals surface area contributed by atoms with Crippen molar-refractivity contribution >= 4 is 11.9 Å². The second-order valence-electron chi connectivity index (χ2n) is 5.36. The van der Waals surface area contributed by atoms with Gasteiger partial charge in [0.25, 0.3) is 0 Å². The molecule has 19 heavy (non-hydrogen) atoms. The Morgan fingerprint density at radius 2 is 1.68 bits per heavy atom. The van der Waals surface area contributed by atoms with Crippen LogP contribution in [0.5, 0.6) is 5.75 Å². The van der Waals surface area contributed by atoms with Crippen molar-refractivity contribution in [3.05, 3.63) is 28.8 Å². The highest BCUT2D eigenvalue weighted by molar-refractivity contribution is 5.91. The first-order chi connectivity index (χ1) is 8.69. The SMILES string of the molecule is CCC(C)(C)C(=O)Oc1cc(C)c(C(=O)O)c(C)c1. The molecule has 0 aliphatic heterocycles. The molecule has 1 rings (SSSR count). The lowest BCUT2D eigenvalue weighted by molar-refractivity contribution is -0.144. The topological polar surface area (TPSA) is 63.6 Å². The quantitative estimate of drug-likeness (QED) is 0.669. The number of carbonyl (C=O) groups is 2. The molecule has 1 aromatic carbocycles. The van der Waals surface area contributed by atoms with E-state index in [9.17, 15) is 9.59 Å². The third-order valence-electron chi connectivity index (χ3n) is 3.37. The molecular formula is C15H20O4. The molecule has 0 aliphatic rings. The first kappa shape index (κ1) is 15.2. The van der Waals surface area contributed by atoms with E-state index in [1.54, 1.807) is 26.0 Å². The van der Waals surface area contributed by atoms with Crippen LogP contribution in [0.2, 0.25) is 0 Å². The van der Waals surface area contributed by atoms with Gasteiger partial charge in [-0.25, -0.2) is 4.79 Å². The molecule has 0 atom stereocenters. The monoisotopic (exact) mass is 264 g/mol. The third kappa shape index (κ3) is 3.34. The molecular weight excluding hydrogens is 244 g/mol. The Balaban J connectivity index is 3.06. The first-order valence-electron chi connectivity index (χ1n) is 6.26. The summed E-state index contributed by atoms with van der Waals surface area (Å²) in [5.41, 5.74) is 0.886. The summed E-state index contributed by atoms with van der Waals surface area (Å²) in [7, 11) is 0. The molecule has 0 unspecified atom stereocenters. The molecule has 0 aliphatic carbocycles. The molecule has 0 heterocycles. The molecule has 1 aromatic rings. The molecule has 4 heteroatoms. The zero-order valence-electron chi connectivity index (χ0n) is 12.0. The minimum Gasteiger partial charge on any atom is -0.478 e. The van der Waals surface area contributed by atoms with Gasteiger partial charge < -0.3 is 9.84 Å². The van der Waals surface area contributed by atoms with Gasteiger partial charge in [-0.1, -0.05) is 6.92 Å². The Labute approximate surface area is 113 Å². The molecule has 1 N–H and O–H groups in total. The maximum absolute atomic E-state index is 12.0. The van der Waals surface area contributed by atoms with Crippen molar-refractivity contribution in [2.75, 3.05) is 0 Å². The van der Waals surface area contributed by atoms with Gasteiger partial charge in [0.2, 0.25) is 0 Å². The number of hydrogen-bond acceptors (Lipinski definition) is 3. The second kappa shape index (κ2) is 5.43. The summed E-state index contributed by atoms with van der Waals surface area (Å²) < 4.78 is 5.33. The molecule has 0 amide bonds. The van der Waals surface area contributed by atoms with Gasteiger partial charge in [-0.2, -0.15) is 0 Å². The van der Waals surface area contributed by atoms with Crippen LogP contribution in [0, 0.1) is 19.3 Å². The number of esters is 1. The third-order valence-corrected chi connectivity index (χ3v) is 3.37. The second-order valence-corrected chi connectivity index (χ2v) is 5.36. The van der Waals surface area contributed by atoms with E-state index >= 15 is 0 Å². The highest BCUT2D eigenvalue weighted by atomic mass is 16.5. The summed E-state index contributed by atoms with van der Waals surface area (Å²) in [6, 6.07) is 3.17. The number of benzene rings is 1. The van der Waals surface area contributed by atoms with E-state index in [1.807, 2.05) is 20.8 Å². The normalized spacial score (nSPS) is 11.2. The van der Waals surface area contributed by atoms with Crippen molar-refractivity contribution in [2.45, 2.75) is 41.0 Å². The molecule has 0 spiro atoms. The van der Waals surface area contributed by atoms with Gasteiger partial charge in [0, 0.05) is 0 Å². The summed E-state index contributed by atoms with van der Waals surface area (Å²) in [4.78, 5) is 23.0. The summed E-state index contributed by atoms with van der Waals surface area (Å²) in [5, 5.41) is 9.08. The number of hydrogen-bond donors (Lipinski definition) is 1. The van der Waals surface area contributed by atoms with Crippen LogP contribution in [0.3, 0.4) is 0 Å². The largest absolute Gasteiger partial charge is 0.478 e. The number of aryl methyl sites for hydroxylation is 2. The predicted molar refractivity (Wildman–Crippen MR) is 72.6 cm³/mol. The average Bonchev–Trinajstić information content (AvgIpc) is 2.27. The number of aromatic carboxylic acids is 1. The fraction of sp³-hybridized carbons (Fsp3) is 0.467. The van der Waals surface area contributed by atoms with E-state index in [4.69, 9.17) is 9.84 Å². The predicted octanol–water partition coefficient (Wildman–Crippen LogP) is 3.34. The van der Waals surface area contributed by atoms with Crippen LogP contribution < -0.4 is 4.74 Å². The smallest absolute Gasteiger partial charge is 0.336 e. The van der Waals surface area contributed by atoms with Gasteiger partial charge in [-0.3, -0.25) is 4.79 Å². The van der Waals surface area contributed by atoms with Crippen LogP contribution in [0.25, 0.3) is 0 Å². The first-order valence-corrected chi connectivity index (χ1v) is 6.26. The zero-order valence-corrected chi connectivity index (χ0v) is 12.0. The molecule has 0 aromatic heterocycles. The number of ether oxygens (including phenoxy) is 1. The maximum atomic E-state index is 12.0. The van der Waals surface area contributed by atoms with Gasteiger partial charge in [0.05, 0.1) is 11.0 Å². The lowest BCUT2D eigenvalue weighted by Gasteiger charge is -2.20. The fourth-order valence-electron chi connectivity index (χ4n) is 1.71. The average molecular weight is 264 g/mol. The molecule has 0 saturated heterocycles. The highest BCUT2D eigenvalue weighted by Crippen LogP contribution is 2.26. The van der Waals surface area contributed by atoms with Crippen LogP contribution >= 0.6 is 0 Å². The number of carboxylic acids is 1. The van der Waals surface area contributed by atoms with Crippen molar-refractivity contribution in [3.63, 3.8) is 0 Å². The Kier molecular flexibility index (Phi) is 4.35. The van der Waals surface area contributed by atoms with Crippen molar-refractivity contribution in [3.8, 4) is 5.75 Å². The maximum Gasteiger partial charge on any atom is 0.336 e. The van der Waals surface area contributed by atoms with Crippen LogP contribution in [0.4, 0.5) is 0 Å². The zero-order chi connectivity index (χ0) is 14.8. The lowest BCUT2D eigenvalue weighted by Crippen LogP contribution is -2.28. The minimum atomic E-state index is -0.971. The minimum absolute atomic E-state index is 0.259. The fourth-order valence-corrected chi connectivity index (χ4v) is 1.71. The Hall–Kier alpha value is -1.84. The van der Waals surface area contributed by atoms with Crippen LogP contribution in [-0.2, 0) is 4.79 Å². The molecule has 0 bridgehead atoms. The molecule has 0 radical (unpaired) electrons. The van der Waals surface area contributed by atoms with Crippen LogP contribution in [-0.4, -0.2) is 17.0 Å². The summed E-state index contributed by atoms with van der Waals surface area (Å²) in [6.45, 7) is 8.95. The van der Waals surface area contributed by atoms with Crippen molar-refractivity contribution in [1.82, 2.24) is 0 Å². The standard InChI is InChI=1S/C15H20O4/c1-6-15(4,5)14(18)19-11-7-9(2)12(13(16)17)10(3)8-11/h7-8H,6H2,1-5H3,(H,16,17). The van der Waals surface area contributed by atoms with Crippen molar-refractivity contribution in [2.24, 2.45) is 5.41 Å². The molecule has 0 fully saturated rings. The number of rotatable bonds is 4. The Morgan fingerprint density at radius 3 is 2.05 bits per heavy atom. The van der Waals surface area contributed by atoms with Gasteiger partial charge in [0.1, 0.15) is 5.75 Å². The van der Waals surface area contributed by atoms with Crippen LogP contribution in [0.1, 0.15) is 48.7 Å². The number of carbonyl (C=O) groups excluding carboxylic acids is 1. The summed E-state index contributed by atoms with van der Waals surface area (Å²) in [5.74, 6) is -0.884. The van der Waals surface area contributed by atoms with E-state index in [-0.39, 0.29) is 11.5 Å². The lowest BCUT2D eigenvalue weighted by atomic mass is 9.90. The van der Waals surface area contributed by atoms with E-state index in [1.165, 1.54) is 0 Å². The van der Waals surface area contributed by atoms with Gasteiger partial charge in [0.15, 0.2) is 0 Å². The molecule has 0 saturated carbocycles. The van der Waals surface area contributed by atoms with Gasteiger partial charge in [-0.05, 0) is 57.4 Å². The van der Waals surface area contributed by atoms with E-state index in [2.05, 4.69) is 0 Å². The van der Waals surface area contributed by atoms with Gasteiger partial charge in [-0.15, -0.1) is 0 Å². The van der Waals surface area contributed by atoms with E-state index in [0.29, 0.717) is 23.3 Å². The highest BCUT2D eigenvalue weighted by Gasteiger charge is 2.28.